The van der Waals surface area contributed by atoms with Crippen LogP contribution in [0.2, 0.25) is 0 Å². The molecule has 3 saturated heterocycles. The largest absolute Gasteiger partial charge is 0.349 e. The number of hydrogen-bond donors (Lipinski definition) is 2. The van der Waals surface area contributed by atoms with E-state index in [2.05, 4.69) is 15.6 Å². The lowest BCUT2D eigenvalue weighted by Crippen LogP contribution is -2.67. The van der Waals surface area contributed by atoms with E-state index in [4.69, 9.17) is 0 Å². The van der Waals surface area contributed by atoms with Crippen LogP contribution >= 0.6 is 0 Å². The van der Waals surface area contributed by atoms with Crippen molar-refractivity contribution in [2.75, 3.05) is 13.1 Å². The maximum absolute atomic E-state index is 12.9. The molecule has 4 rings (SSSR count). The van der Waals surface area contributed by atoms with E-state index >= 15 is 0 Å². The number of carbonyl (C=O) groups is 2. The third-order valence-electron chi connectivity index (χ3n) is 5.68. The normalized spacial score (nSPS) is 32.2. The van der Waals surface area contributed by atoms with Crippen LogP contribution in [0.5, 0.6) is 0 Å². The minimum absolute atomic E-state index is 0.0342. The Morgan fingerprint density at radius 2 is 2.21 bits per heavy atom. The van der Waals surface area contributed by atoms with Crippen LogP contribution in [0.15, 0.2) is 24.4 Å². The average Bonchev–Trinajstić information content (AvgIpc) is 2.62. The van der Waals surface area contributed by atoms with Crippen LogP contribution in [0.4, 0.5) is 0 Å². The fourth-order valence-electron chi connectivity index (χ4n) is 4.64. The van der Waals surface area contributed by atoms with Gasteiger partial charge in [-0.2, -0.15) is 0 Å². The molecule has 0 aliphatic carbocycles. The van der Waals surface area contributed by atoms with E-state index in [0.717, 1.165) is 38.0 Å². The standard InChI is InChI=1S/C18H24N4O2/c23-16-6-3-5-15-12-8-13(10-19-9-12)17(22(15)16)18(24)21-11-14-4-1-2-7-20-14/h1-2,4,7,12-13,15,17,19H,3,5-6,8-11H2,(H,21,24)/t12-,13+,15+,17-/m1/s1. The number of hydrogen-bond acceptors (Lipinski definition) is 4. The SMILES string of the molecule is O=C(NCc1ccccn1)[C@H]1[C@@H]2CNC[C@@H](C2)[C@@H]2CCCC(=O)N21. The van der Waals surface area contributed by atoms with Crippen molar-refractivity contribution in [3.05, 3.63) is 30.1 Å². The van der Waals surface area contributed by atoms with Gasteiger partial charge in [0.1, 0.15) is 6.04 Å². The maximum Gasteiger partial charge on any atom is 0.243 e. The van der Waals surface area contributed by atoms with Crippen molar-refractivity contribution in [2.45, 2.75) is 44.3 Å². The zero-order valence-corrected chi connectivity index (χ0v) is 13.8. The molecule has 3 fully saturated rings. The summed E-state index contributed by atoms with van der Waals surface area (Å²) in [6.07, 6.45) is 5.32. The van der Waals surface area contributed by atoms with Crippen LogP contribution in [0.3, 0.4) is 0 Å². The van der Waals surface area contributed by atoms with Gasteiger partial charge in [0.15, 0.2) is 0 Å². The van der Waals surface area contributed by atoms with Crippen molar-refractivity contribution in [3.63, 3.8) is 0 Å². The average molecular weight is 328 g/mol. The smallest absolute Gasteiger partial charge is 0.243 e. The first-order chi connectivity index (χ1) is 11.7. The first-order valence-corrected chi connectivity index (χ1v) is 8.93. The summed E-state index contributed by atoms with van der Waals surface area (Å²) in [6.45, 7) is 2.19. The molecule has 1 aromatic heterocycles. The molecule has 0 spiro atoms. The number of pyridine rings is 1. The van der Waals surface area contributed by atoms with Crippen molar-refractivity contribution in [1.82, 2.24) is 20.5 Å². The van der Waals surface area contributed by atoms with Gasteiger partial charge >= 0.3 is 0 Å². The highest BCUT2D eigenvalue weighted by molar-refractivity contribution is 5.89. The topological polar surface area (TPSA) is 74.3 Å². The molecule has 2 amide bonds. The maximum atomic E-state index is 12.9. The Kier molecular flexibility index (Phi) is 4.22. The minimum Gasteiger partial charge on any atom is -0.349 e. The summed E-state index contributed by atoms with van der Waals surface area (Å²) in [7, 11) is 0. The van der Waals surface area contributed by atoms with E-state index in [1.54, 1.807) is 6.20 Å². The van der Waals surface area contributed by atoms with Crippen LogP contribution in [0, 0.1) is 11.8 Å². The first-order valence-electron chi connectivity index (χ1n) is 8.93. The van der Waals surface area contributed by atoms with Gasteiger partial charge in [-0.25, -0.2) is 0 Å². The van der Waals surface area contributed by atoms with Gasteiger partial charge in [-0.1, -0.05) is 6.07 Å². The molecule has 6 nitrogen and oxygen atoms in total. The van der Waals surface area contributed by atoms with Gasteiger partial charge in [0, 0.05) is 31.1 Å². The summed E-state index contributed by atoms with van der Waals surface area (Å²) in [6, 6.07) is 5.55. The molecule has 0 aromatic carbocycles. The highest BCUT2D eigenvalue weighted by Crippen LogP contribution is 2.39. The van der Waals surface area contributed by atoms with Crippen LogP contribution in [0.1, 0.15) is 31.4 Å². The summed E-state index contributed by atoms with van der Waals surface area (Å²) < 4.78 is 0. The number of amides is 2. The van der Waals surface area contributed by atoms with Crippen LogP contribution in [-0.2, 0) is 16.1 Å². The van der Waals surface area contributed by atoms with E-state index in [0.29, 0.717) is 18.9 Å². The number of piperidine rings is 3. The number of fused-ring (bicyclic) bond motifs is 4. The monoisotopic (exact) mass is 328 g/mol. The molecule has 2 bridgehead atoms. The molecular weight excluding hydrogens is 304 g/mol. The number of nitrogens with one attached hydrogen (secondary N) is 2. The molecule has 0 unspecified atom stereocenters. The Labute approximate surface area is 142 Å². The van der Waals surface area contributed by atoms with Gasteiger partial charge < -0.3 is 15.5 Å². The molecule has 3 aliphatic heterocycles. The third kappa shape index (κ3) is 2.79. The first kappa shape index (κ1) is 15.6. The van der Waals surface area contributed by atoms with Crippen molar-refractivity contribution in [2.24, 2.45) is 11.8 Å². The van der Waals surface area contributed by atoms with Crippen molar-refractivity contribution >= 4 is 11.8 Å². The summed E-state index contributed by atoms with van der Waals surface area (Å²) >= 11 is 0. The third-order valence-corrected chi connectivity index (χ3v) is 5.68. The Morgan fingerprint density at radius 1 is 1.33 bits per heavy atom. The molecule has 128 valence electrons. The van der Waals surface area contributed by atoms with E-state index in [1.165, 1.54) is 0 Å². The fraction of sp³-hybridized carbons (Fsp3) is 0.611. The van der Waals surface area contributed by atoms with E-state index in [-0.39, 0.29) is 29.8 Å². The van der Waals surface area contributed by atoms with Crippen molar-refractivity contribution in [1.29, 1.82) is 0 Å². The summed E-state index contributed by atoms with van der Waals surface area (Å²) in [4.78, 5) is 31.6. The molecule has 24 heavy (non-hydrogen) atoms. The molecule has 2 N–H and O–H groups in total. The second-order valence-corrected chi connectivity index (χ2v) is 7.16. The molecule has 4 heterocycles. The fourth-order valence-corrected chi connectivity index (χ4v) is 4.64. The molecule has 6 heteroatoms. The molecular formula is C18H24N4O2. The second-order valence-electron chi connectivity index (χ2n) is 7.16. The molecule has 0 radical (unpaired) electrons. The molecule has 3 aliphatic rings. The Hall–Kier alpha value is -1.95. The number of rotatable bonds is 3. The summed E-state index contributed by atoms with van der Waals surface area (Å²) in [5.74, 6) is 0.826. The number of aromatic nitrogens is 1. The minimum atomic E-state index is -0.337. The highest BCUT2D eigenvalue weighted by atomic mass is 16.2. The predicted octanol–water partition coefficient (Wildman–Crippen LogP) is 0.687. The summed E-state index contributed by atoms with van der Waals surface area (Å²) in [5, 5.41) is 6.47. The quantitative estimate of drug-likeness (QED) is 0.856. The Morgan fingerprint density at radius 3 is 3.04 bits per heavy atom. The molecule has 1 aromatic rings. The number of nitrogens with zero attached hydrogens (tertiary/aromatic N) is 2. The van der Waals surface area contributed by atoms with Crippen molar-refractivity contribution < 1.29 is 9.59 Å². The van der Waals surface area contributed by atoms with Crippen LogP contribution in [-0.4, -0.2) is 46.9 Å². The number of carbonyl (C=O) groups excluding carboxylic acids is 2. The lowest BCUT2D eigenvalue weighted by Gasteiger charge is -2.53. The van der Waals surface area contributed by atoms with Gasteiger partial charge in [-0.15, -0.1) is 0 Å². The zero-order chi connectivity index (χ0) is 16.5. The lowest BCUT2D eigenvalue weighted by atomic mass is 9.72. The summed E-state index contributed by atoms with van der Waals surface area (Å²) in [5.41, 5.74) is 0.836. The predicted molar refractivity (Wildman–Crippen MR) is 88.8 cm³/mol. The van der Waals surface area contributed by atoms with Gasteiger partial charge in [0.2, 0.25) is 11.8 Å². The Bertz CT molecular complexity index is 621. The van der Waals surface area contributed by atoms with Gasteiger partial charge in [-0.05, 0) is 43.9 Å². The Balaban J connectivity index is 1.52. The second kappa shape index (κ2) is 6.51. The molecule has 4 atom stereocenters. The van der Waals surface area contributed by atoms with Gasteiger partial charge in [0.25, 0.3) is 0 Å². The molecule has 0 saturated carbocycles. The van der Waals surface area contributed by atoms with Crippen molar-refractivity contribution in [3.8, 4) is 0 Å². The lowest BCUT2D eigenvalue weighted by molar-refractivity contribution is -0.157. The highest BCUT2D eigenvalue weighted by Gasteiger charge is 2.50. The van der Waals surface area contributed by atoms with Crippen LogP contribution in [0.25, 0.3) is 0 Å². The van der Waals surface area contributed by atoms with Crippen LogP contribution < -0.4 is 10.6 Å². The van der Waals surface area contributed by atoms with Gasteiger partial charge in [-0.3, -0.25) is 14.6 Å². The zero-order valence-electron chi connectivity index (χ0n) is 13.8. The van der Waals surface area contributed by atoms with Gasteiger partial charge in [0.05, 0.1) is 12.2 Å². The van der Waals surface area contributed by atoms with E-state index in [9.17, 15) is 9.59 Å². The van der Waals surface area contributed by atoms with E-state index < -0.39 is 0 Å². The van der Waals surface area contributed by atoms with E-state index in [1.807, 2.05) is 23.1 Å².